The van der Waals surface area contributed by atoms with Crippen molar-refractivity contribution in [1.82, 2.24) is 9.97 Å². The SMILES string of the molecule is COCC(C)Oc1ncnc2cc(N)ccc12. The van der Waals surface area contributed by atoms with Gasteiger partial charge in [0.25, 0.3) is 0 Å². The van der Waals surface area contributed by atoms with Crippen LogP contribution in [-0.2, 0) is 4.74 Å². The number of fused-ring (bicyclic) bond motifs is 1. The molecule has 0 aliphatic heterocycles. The van der Waals surface area contributed by atoms with Crippen molar-refractivity contribution in [3.63, 3.8) is 0 Å². The Morgan fingerprint density at radius 1 is 1.35 bits per heavy atom. The van der Waals surface area contributed by atoms with E-state index < -0.39 is 0 Å². The van der Waals surface area contributed by atoms with Gasteiger partial charge in [-0.3, -0.25) is 0 Å². The zero-order chi connectivity index (χ0) is 12.3. The summed E-state index contributed by atoms with van der Waals surface area (Å²) in [5, 5.41) is 0.852. The van der Waals surface area contributed by atoms with Crippen molar-refractivity contribution in [3.8, 4) is 5.88 Å². The van der Waals surface area contributed by atoms with Gasteiger partial charge < -0.3 is 15.2 Å². The van der Waals surface area contributed by atoms with Crippen LogP contribution in [-0.4, -0.2) is 29.8 Å². The normalized spacial score (nSPS) is 12.6. The third-order valence-corrected chi connectivity index (χ3v) is 2.34. The molecule has 1 heterocycles. The Balaban J connectivity index is 2.34. The fourth-order valence-corrected chi connectivity index (χ4v) is 1.60. The van der Waals surface area contributed by atoms with Crippen LogP contribution >= 0.6 is 0 Å². The molecule has 0 saturated heterocycles. The molecule has 1 aromatic heterocycles. The monoisotopic (exact) mass is 233 g/mol. The van der Waals surface area contributed by atoms with E-state index in [0.717, 1.165) is 10.9 Å². The van der Waals surface area contributed by atoms with E-state index in [1.807, 2.05) is 13.0 Å². The summed E-state index contributed by atoms with van der Waals surface area (Å²) >= 11 is 0. The van der Waals surface area contributed by atoms with Crippen molar-refractivity contribution in [2.24, 2.45) is 0 Å². The molecule has 2 rings (SSSR count). The molecule has 5 heteroatoms. The maximum Gasteiger partial charge on any atom is 0.224 e. The minimum atomic E-state index is -0.0596. The number of nitrogens with two attached hydrogens (primary N) is 1. The average molecular weight is 233 g/mol. The largest absolute Gasteiger partial charge is 0.472 e. The van der Waals surface area contributed by atoms with Crippen molar-refractivity contribution in [2.45, 2.75) is 13.0 Å². The van der Waals surface area contributed by atoms with Gasteiger partial charge in [0.2, 0.25) is 5.88 Å². The summed E-state index contributed by atoms with van der Waals surface area (Å²) in [5.74, 6) is 0.555. The maximum atomic E-state index is 5.70. The van der Waals surface area contributed by atoms with E-state index in [9.17, 15) is 0 Å². The molecular weight excluding hydrogens is 218 g/mol. The van der Waals surface area contributed by atoms with Crippen LogP contribution in [0.4, 0.5) is 5.69 Å². The highest BCUT2D eigenvalue weighted by Crippen LogP contribution is 2.23. The number of hydrogen-bond acceptors (Lipinski definition) is 5. The van der Waals surface area contributed by atoms with Crippen LogP contribution in [0, 0.1) is 0 Å². The number of rotatable bonds is 4. The molecule has 0 saturated carbocycles. The van der Waals surface area contributed by atoms with E-state index in [-0.39, 0.29) is 6.10 Å². The molecular formula is C12H15N3O2. The summed E-state index contributed by atoms with van der Waals surface area (Å²) in [6.45, 7) is 2.44. The second-order valence-corrected chi connectivity index (χ2v) is 3.84. The molecule has 17 heavy (non-hydrogen) atoms. The molecule has 1 atom stereocenters. The first-order chi connectivity index (χ1) is 8.20. The Morgan fingerprint density at radius 2 is 2.18 bits per heavy atom. The van der Waals surface area contributed by atoms with E-state index in [2.05, 4.69) is 9.97 Å². The van der Waals surface area contributed by atoms with E-state index in [1.165, 1.54) is 6.33 Å². The van der Waals surface area contributed by atoms with Gasteiger partial charge >= 0.3 is 0 Å². The molecule has 90 valence electrons. The van der Waals surface area contributed by atoms with Gasteiger partial charge in [0.1, 0.15) is 12.4 Å². The molecule has 2 aromatic rings. The highest BCUT2D eigenvalue weighted by molar-refractivity contribution is 5.85. The predicted octanol–water partition coefficient (Wildman–Crippen LogP) is 1.63. The van der Waals surface area contributed by atoms with E-state index >= 15 is 0 Å². The quantitative estimate of drug-likeness (QED) is 0.813. The van der Waals surface area contributed by atoms with Gasteiger partial charge in [0.15, 0.2) is 0 Å². The van der Waals surface area contributed by atoms with Crippen LogP contribution in [0.3, 0.4) is 0 Å². The van der Waals surface area contributed by atoms with Crippen molar-refractivity contribution in [3.05, 3.63) is 24.5 Å². The first kappa shape index (κ1) is 11.6. The highest BCUT2D eigenvalue weighted by atomic mass is 16.5. The van der Waals surface area contributed by atoms with Crippen LogP contribution in [0.2, 0.25) is 0 Å². The molecule has 1 aromatic carbocycles. The Labute approximate surface area is 99.6 Å². The minimum absolute atomic E-state index is 0.0596. The lowest BCUT2D eigenvalue weighted by atomic mass is 10.2. The molecule has 2 N–H and O–H groups in total. The van der Waals surface area contributed by atoms with Crippen LogP contribution < -0.4 is 10.5 Å². The lowest BCUT2D eigenvalue weighted by Crippen LogP contribution is -2.18. The molecule has 0 aliphatic carbocycles. The van der Waals surface area contributed by atoms with Gasteiger partial charge in [0.05, 0.1) is 17.5 Å². The Morgan fingerprint density at radius 3 is 2.94 bits per heavy atom. The number of ether oxygens (including phenoxy) is 2. The van der Waals surface area contributed by atoms with Crippen LogP contribution in [0.25, 0.3) is 10.9 Å². The third kappa shape index (κ3) is 2.62. The first-order valence-corrected chi connectivity index (χ1v) is 5.36. The summed E-state index contributed by atoms with van der Waals surface area (Å²) in [7, 11) is 1.64. The Hall–Kier alpha value is -1.88. The molecule has 0 aliphatic rings. The lowest BCUT2D eigenvalue weighted by molar-refractivity contribution is 0.0900. The summed E-state index contributed by atoms with van der Waals surface area (Å²) in [6.07, 6.45) is 1.41. The number of nitrogens with zero attached hydrogens (tertiary/aromatic N) is 2. The number of nitrogen functional groups attached to an aromatic ring is 1. The van der Waals surface area contributed by atoms with Gasteiger partial charge in [-0.15, -0.1) is 0 Å². The van der Waals surface area contributed by atoms with Crippen molar-refractivity contribution in [2.75, 3.05) is 19.5 Å². The molecule has 0 amide bonds. The number of benzene rings is 1. The van der Waals surface area contributed by atoms with Crippen LogP contribution in [0.1, 0.15) is 6.92 Å². The summed E-state index contributed by atoms with van der Waals surface area (Å²) in [5.41, 5.74) is 7.15. The van der Waals surface area contributed by atoms with E-state index in [1.54, 1.807) is 19.2 Å². The zero-order valence-corrected chi connectivity index (χ0v) is 9.88. The number of anilines is 1. The van der Waals surface area contributed by atoms with Crippen molar-refractivity contribution in [1.29, 1.82) is 0 Å². The van der Waals surface area contributed by atoms with Gasteiger partial charge in [-0.1, -0.05) is 0 Å². The first-order valence-electron chi connectivity index (χ1n) is 5.36. The maximum absolute atomic E-state index is 5.70. The summed E-state index contributed by atoms with van der Waals surface area (Å²) in [6, 6.07) is 5.46. The van der Waals surface area contributed by atoms with Gasteiger partial charge in [-0.05, 0) is 25.1 Å². The fraction of sp³-hybridized carbons (Fsp3) is 0.333. The predicted molar refractivity (Wildman–Crippen MR) is 65.9 cm³/mol. The molecule has 0 spiro atoms. The number of hydrogen-bond donors (Lipinski definition) is 1. The van der Waals surface area contributed by atoms with Crippen molar-refractivity contribution >= 4 is 16.6 Å². The van der Waals surface area contributed by atoms with Crippen LogP contribution in [0.15, 0.2) is 24.5 Å². The standard InChI is InChI=1S/C12H15N3O2/c1-8(6-16-2)17-12-10-4-3-9(13)5-11(10)14-7-15-12/h3-5,7-8H,6,13H2,1-2H3. The molecule has 5 nitrogen and oxygen atoms in total. The zero-order valence-electron chi connectivity index (χ0n) is 9.88. The van der Waals surface area contributed by atoms with Gasteiger partial charge in [0, 0.05) is 12.8 Å². The van der Waals surface area contributed by atoms with Crippen molar-refractivity contribution < 1.29 is 9.47 Å². The van der Waals surface area contributed by atoms with E-state index in [4.69, 9.17) is 15.2 Å². The minimum Gasteiger partial charge on any atom is -0.472 e. The second-order valence-electron chi connectivity index (χ2n) is 3.84. The average Bonchev–Trinajstić information content (AvgIpc) is 2.29. The van der Waals surface area contributed by atoms with E-state index in [0.29, 0.717) is 18.2 Å². The second kappa shape index (κ2) is 4.97. The molecule has 1 unspecified atom stereocenters. The summed E-state index contributed by atoms with van der Waals surface area (Å²) < 4.78 is 10.7. The number of methoxy groups -OCH3 is 1. The smallest absolute Gasteiger partial charge is 0.224 e. The molecule has 0 bridgehead atoms. The third-order valence-electron chi connectivity index (χ3n) is 2.34. The summed E-state index contributed by atoms with van der Waals surface area (Å²) in [4.78, 5) is 8.28. The van der Waals surface area contributed by atoms with Gasteiger partial charge in [-0.25, -0.2) is 9.97 Å². The van der Waals surface area contributed by atoms with Crippen LogP contribution in [0.5, 0.6) is 5.88 Å². The molecule has 0 radical (unpaired) electrons. The Bertz CT molecular complexity index is 516. The Kier molecular flexibility index (Phi) is 3.39. The lowest BCUT2D eigenvalue weighted by Gasteiger charge is -2.13. The number of aromatic nitrogens is 2. The van der Waals surface area contributed by atoms with Gasteiger partial charge in [-0.2, -0.15) is 0 Å². The molecule has 0 fully saturated rings. The highest BCUT2D eigenvalue weighted by Gasteiger charge is 2.09. The fourth-order valence-electron chi connectivity index (χ4n) is 1.60. The topological polar surface area (TPSA) is 70.3 Å².